The second-order valence-electron chi connectivity index (χ2n) is 20.6. The average molecular weight is 924 g/mol. The fraction of sp³-hybridized carbons (Fsp3) is 0.946. The minimum absolute atomic E-state index is 0.153. The number of carbonyl (C=O) groups excluding carboxylic acids is 3. The van der Waals surface area contributed by atoms with Gasteiger partial charge in [-0.05, 0) is 12.8 Å². The highest BCUT2D eigenvalue weighted by molar-refractivity contribution is 5.70. The summed E-state index contributed by atoms with van der Waals surface area (Å²) in [6, 6.07) is 0. The number of esters is 2. The first-order chi connectivity index (χ1) is 31.6. The van der Waals surface area contributed by atoms with Crippen molar-refractivity contribution in [2.24, 2.45) is 0 Å². The Morgan fingerprint density at radius 3 is 0.985 bits per heavy atom. The molecule has 2 atom stereocenters. The van der Waals surface area contributed by atoms with Gasteiger partial charge in [-0.15, -0.1) is 0 Å². The van der Waals surface area contributed by atoms with Crippen LogP contribution in [0.5, 0.6) is 0 Å². The maximum Gasteiger partial charge on any atom is 0.306 e. The van der Waals surface area contributed by atoms with E-state index in [2.05, 4.69) is 13.8 Å². The van der Waals surface area contributed by atoms with Crippen LogP contribution < -0.4 is 5.11 Å². The molecular formula is C56H109NO8. The largest absolute Gasteiger partial charge is 0.545 e. The summed E-state index contributed by atoms with van der Waals surface area (Å²) in [7, 11) is 5.93. The van der Waals surface area contributed by atoms with Crippen LogP contribution in [0.25, 0.3) is 0 Å². The van der Waals surface area contributed by atoms with Crippen LogP contribution in [0.2, 0.25) is 0 Å². The van der Waals surface area contributed by atoms with E-state index in [1.807, 2.05) is 21.1 Å². The Morgan fingerprint density at radius 2 is 0.692 bits per heavy atom. The molecule has 386 valence electrons. The molecule has 0 N–H and O–H groups in total. The topological polar surface area (TPSA) is 111 Å². The van der Waals surface area contributed by atoms with Gasteiger partial charge in [-0.3, -0.25) is 9.59 Å². The second-order valence-corrected chi connectivity index (χ2v) is 20.6. The third-order valence-electron chi connectivity index (χ3n) is 12.9. The lowest BCUT2D eigenvalue weighted by molar-refractivity contribution is -0.870. The van der Waals surface area contributed by atoms with Gasteiger partial charge in [0.25, 0.3) is 0 Å². The smallest absolute Gasteiger partial charge is 0.306 e. The second kappa shape index (κ2) is 48.7. The summed E-state index contributed by atoms with van der Waals surface area (Å²) in [6.45, 7) is 4.81. The Morgan fingerprint density at radius 1 is 0.400 bits per heavy atom. The van der Waals surface area contributed by atoms with E-state index >= 15 is 0 Å². The van der Waals surface area contributed by atoms with E-state index in [4.69, 9.17) is 18.9 Å². The molecule has 0 aromatic rings. The normalized spacial score (nSPS) is 12.7. The zero-order valence-electron chi connectivity index (χ0n) is 43.9. The summed E-state index contributed by atoms with van der Waals surface area (Å²) >= 11 is 0. The Balaban J connectivity index is 4.20. The third kappa shape index (κ3) is 50.0. The van der Waals surface area contributed by atoms with Gasteiger partial charge in [0.15, 0.2) is 12.4 Å². The molecule has 0 aliphatic rings. The Bertz CT molecular complexity index is 1030. The van der Waals surface area contributed by atoms with Gasteiger partial charge in [0.2, 0.25) is 0 Å². The maximum atomic E-state index is 12.8. The minimum atomic E-state index is -1.61. The summed E-state index contributed by atoms with van der Waals surface area (Å²) in [5.74, 6) is -2.25. The van der Waals surface area contributed by atoms with Crippen molar-refractivity contribution in [2.75, 3.05) is 47.5 Å². The molecule has 0 amide bonds. The van der Waals surface area contributed by atoms with Crippen molar-refractivity contribution in [2.45, 2.75) is 296 Å². The SMILES string of the molecule is CCCCCCCCCCCCCCCCCCCCCCCCCC(=O)OC(COC(=O)CCCCCCCCCCCCCCCCCCC)COC(OCC[N+](C)(C)C)C(=O)[O-]. The van der Waals surface area contributed by atoms with E-state index in [0.717, 1.165) is 38.5 Å². The average Bonchev–Trinajstić information content (AvgIpc) is 3.27. The number of hydrogen-bond donors (Lipinski definition) is 0. The number of unbranched alkanes of at least 4 members (excludes halogenated alkanes) is 38. The van der Waals surface area contributed by atoms with E-state index in [1.54, 1.807) is 0 Å². The number of carboxylic acid groups (broad SMARTS) is 1. The van der Waals surface area contributed by atoms with E-state index in [9.17, 15) is 19.5 Å². The van der Waals surface area contributed by atoms with Gasteiger partial charge in [0.1, 0.15) is 13.2 Å². The Kier molecular flexibility index (Phi) is 47.5. The number of carbonyl (C=O) groups is 3. The molecule has 9 heteroatoms. The van der Waals surface area contributed by atoms with E-state index < -0.39 is 24.3 Å². The molecule has 2 unspecified atom stereocenters. The van der Waals surface area contributed by atoms with Crippen LogP contribution in [-0.4, -0.2) is 82.3 Å². The van der Waals surface area contributed by atoms with Crippen molar-refractivity contribution >= 4 is 17.9 Å². The zero-order chi connectivity index (χ0) is 47.7. The predicted molar refractivity (Wildman–Crippen MR) is 270 cm³/mol. The van der Waals surface area contributed by atoms with Crippen LogP contribution in [-0.2, 0) is 33.3 Å². The zero-order valence-corrected chi connectivity index (χ0v) is 43.9. The number of aliphatic carboxylic acids is 1. The molecule has 0 rings (SSSR count). The van der Waals surface area contributed by atoms with Crippen LogP contribution in [0.1, 0.15) is 284 Å². The molecule has 0 aliphatic carbocycles. The fourth-order valence-corrected chi connectivity index (χ4v) is 8.48. The highest BCUT2D eigenvalue weighted by Crippen LogP contribution is 2.18. The molecule has 65 heavy (non-hydrogen) atoms. The van der Waals surface area contributed by atoms with Crippen LogP contribution in [0.4, 0.5) is 0 Å². The van der Waals surface area contributed by atoms with Crippen LogP contribution in [0, 0.1) is 0 Å². The number of carboxylic acids is 1. The molecular weight excluding hydrogens is 815 g/mol. The molecule has 0 saturated heterocycles. The summed E-state index contributed by atoms with van der Waals surface area (Å²) in [6.07, 6.45) is 50.0. The molecule has 0 saturated carbocycles. The molecule has 0 radical (unpaired) electrons. The number of quaternary nitrogens is 1. The van der Waals surface area contributed by atoms with Crippen molar-refractivity contribution in [3.05, 3.63) is 0 Å². The van der Waals surface area contributed by atoms with Crippen molar-refractivity contribution < 1.29 is 42.9 Å². The van der Waals surface area contributed by atoms with Crippen molar-refractivity contribution in [3.8, 4) is 0 Å². The molecule has 0 bridgehead atoms. The number of likely N-dealkylation sites (N-methyl/N-ethyl adjacent to an activating group) is 1. The highest BCUT2D eigenvalue weighted by atomic mass is 16.7. The van der Waals surface area contributed by atoms with Gasteiger partial charge in [0.05, 0.1) is 40.3 Å². The minimum Gasteiger partial charge on any atom is -0.545 e. The van der Waals surface area contributed by atoms with Crippen LogP contribution in [0.15, 0.2) is 0 Å². The van der Waals surface area contributed by atoms with Crippen LogP contribution >= 0.6 is 0 Å². The van der Waals surface area contributed by atoms with Gasteiger partial charge in [-0.1, -0.05) is 258 Å². The van der Waals surface area contributed by atoms with Gasteiger partial charge in [0, 0.05) is 12.8 Å². The van der Waals surface area contributed by atoms with E-state index in [0.29, 0.717) is 17.4 Å². The first-order valence-electron chi connectivity index (χ1n) is 28.2. The molecule has 0 aliphatic heterocycles. The summed E-state index contributed by atoms with van der Waals surface area (Å²) < 4.78 is 22.7. The molecule has 0 heterocycles. The lowest BCUT2D eigenvalue weighted by Gasteiger charge is -2.26. The van der Waals surface area contributed by atoms with E-state index in [-0.39, 0.29) is 32.2 Å². The predicted octanol–water partition coefficient (Wildman–Crippen LogP) is 14.7. The molecule has 0 aromatic heterocycles. The molecule has 0 fully saturated rings. The number of hydrogen-bond acceptors (Lipinski definition) is 8. The Labute approximate surface area is 403 Å². The highest BCUT2D eigenvalue weighted by Gasteiger charge is 2.22. The number of ether oxygens (including phenoxy) is 4. The first-order valence-corrected chi connectivity index (χ1v) is 28.2. The third-order valence-corrected chi connectivity index (χ3v) is 12.9. The number of rotatable bonds is 53. The summed E-state index contributed by atoms with van der Waals surface area (Å²) in [5, 5.41) is 11.8. The summed E-state index contributed by atoms with van der Waals surface area (Å²) in [5.41, 5.74) is 0. The van der Waals surface area contributed by atoms with Gasteiger partial charge >= 0.3 is 11.9 Å². The number of nitrogens with zero attached hydrogens (tertiary/aromatic N) is 1. The van der Waals surface area contributed by atoms with Gasteiger partial charge in [-0.25, -0.2) is 0 Å². The first kappa shape index (κ1) is 63.3. The molecule has 0 spiro atoms. The monoisotopic (exact) mass is 924 g/mol. The molecule has 9 nitrogen and oxygen atoms in total. The van der Waals surface area contributed by atoms with Crippen molar-refractivity contribution in [3.63, 3.8) is 0 Å². The quantitative estimate of drug-likeness (QED) is 0.0257. The van der Waals surface area contributed by atoms with E-state index in [1.165, 1.54) is 218 Å². The lowest BCUT2D eigenvalue weighted by atomic mass is 10.0. The molecule has 0 aromatic carbocycles. The maximum absolute atomic E-state index is 12.8. The summed E-state index contributed by atoms with van der Waals surface area (Å²) in [4.78, 5) is 37.2. The standard InChI is InChI=1S/C56H109NO8/c1-6-8-10-12-14-16-18-20-22-24-25-26-27-28-29-31-33-35-37-39-41-43-45-47-54(59)65-52(51-64-56(55(60)61)62-49-48-57(3,4)5)50-63-53(58)46-44-42-40-38-36-34-32-30-23-21-19-17-15-13-11-9-7-2/h52,56H,6-51H2,1-5H3. The van der Waals surface area contributed by atoms with Gasteiger partial charge in [-0.2, -0.15) is 0 Å². The van der Waals surface area contributed by atoms with Crippen molar-refractivity contribution in [1.82, 2.24) is 0 Å². The lowest BCUT2D eigenvalue weighted by Crippen LogP contribution is -2.44. The van der Waals surface area contributed by atoms with Crippen LogP contribution in [0.3, 0.4) is 0 Å². The van der Waals surface area contributed by atoms with Gasteiger partial charge < -0.3 is 33.3 Å². The Hall–Kier alpha value is -1.71. The van der Waals surface area contributed by atoms with Crippen molar-refractivity contribution in [1.29, 1.82) is 0 Å². The fourth-order valence-electron chi connectivity index (χ4n) is 8.48.